The third kappa shape index (κ3) is 5.07. The lowest BCUT2D eigenvalue weighted by Gasteiger charge is -2.19. The third-order valence-electron chi connectivity index (χ3n) is 4.32. The Hall–Kier alpha value is -3.14. The van der Waals surface area contributed by atoms with Crippen molar-refractivity contribution in [3.8, 4) is 0 Å². The Morgan fingerprint density at radius 2 is 1.90 bits per heavy atom. The van der Waals surface area contributed by atoms with E-state index in [4.69, 9.17) is 0 Å². The van der Waals surface area contributed by atoms with Gasteiger partial charge >= 0.3 is 18.0 Å². The second-order valence-corrected chi connectivity index (χ2v) is 7.62. The number of nitrogens with one attached hydrogen (secondary N) is 2. The molecule has 0 aliphatic rings. The molecule has 158 valence electrons. The summed E-state index contributed by atoms with van der Waals surface area (Å²) in [5.41, 5.74) is 0.692. The number of carbonyl (C=O) groups excluding carboxylic acids is 2. The molecular formula is C20H19F3N4O2S. The largest absolute Gasteiger partial charge is 0.416 e. The first-order valence-electron chi connectivity index (χ1n) is 8.97. The van der Waals surface area contributed by atoms with Gasteiger partial charge in [-0.15, -0.1) is 11.3 Å². The van der Waals surface area contributed by atoms with E-state index in [1.165, 1.54) is 17.4 Å². The van der Waals surface area contributed by atoms with Crippen molar-refractivity contribution in [1.82, 2.24) is 15.1 Å². The van der Waals surface area contributed by atoms with Gasteiger partial charge in [-0.25, -0.2) is 0 Å². The lowest BCUT2D eigenvalue weighted by atomic mass is 10.2. The van der Waals surface area contributed by atoms with Crippen molar-refractivity contribution in [2.45, 2.75) is 26.1 Å². The van der Waals surface area contributed by atoms with Crippen molar-refractivity contribution < 1.29 is 22.8 Å². The number of carbonyl (C=O) groups is 2. The fraction of sp³-hybridized carbons (Fsp3) is 0.250. The van der Waals surface area contributed by atoms with E-state index in [2.05, 4.69) is 15.7 Å². The van der Waals surface area contributed by atoms with Crippen molar-refractivity contribution in [2.24, 2.45) is 0 Å². The molecule has 0 spiro atoms. The van der Waals surface area contributed by atoms with Gasteiger partial charge in [-0.2, -0.15) is 18.3 Å². The monoisotopic (exact) mass is 436 g/mol. The maximum absolute atomic E-state index is 12.8. The van der Waals surface area contributed by atoms with Gasteiger partial charge in [0.25, 0.3) is 0 Å². The quantitative estimate of drug-likeness (QED) is 0.595. The van der Waals surface area contributed by atoms with Crippen LogP contribution in [0.1, 0.15) is 27.9 Å². The molecule has 10 heteroatoms. The fourth-order valence-corrected chi connectivity index (χ4v) is 3.79. The molecule has 3 aromatic rings. The van der Waals surface area contributed by atoms with Gasteiger partial charge in [0.05, 0.1) is 11.3 Å². The summed E-state index contributed by atoms with van der Waals surface area (Å²) in [4.78, 5) is 25.4. The predicted octanol–water partition coefficient (Wildman–Crippen LogP) is 3.92. The van der Waals surface area contributed by atoms with Crippen LogP contribution in [0.2, 0.25) is 0 Å². The Morgan fingerprint density at radius 3 is 2.50 bits per heavy atom. The Balaban J connectivity index is 1.68. The van der Waals surface area contributed by atoms with Crippen molar-refractivity contribution in [1.29, 1.82) is 0 Å². The van der Waals surface area contributed by atoms with Crippen molar-refractivity contribution in [2.75, 3.05) is 11.9 Å². The van der Waals surface area contributed by atoms with Gasteiger partial charge in [0.1, 0.15) is 6.04 Å². The van der Waals surface area contributed by atoms with Crippen LogP contribution in [0.5, 0.6) is 0 Å². The van der Waals surface area contributed by atoms with E-state index in [9.17, 15) is 22.8 Å². The number of hydrogen-bond donors (Lipinski definition) is 2. The van der Waals surface area contributed by atoms with Crippen LogP contribution in [-0.2, 0) is 15.8 Å². The minimum absolute atomic E-state index is 0.0946. The van der Waals surface area contributed by atoms with Gasteiger partial charge < -0.3 is 10.6 Å². The van der Waals surface area contributed by atoms with Crippen molar-refractivity contribution in [3.05, 3.63) is 69.7 Å². The Kier molecular flexibility index (Phi) is 6.25. The molecule has 2 aromatic heterocycles. The lowest BCUT2D eigenvalue weighted by Crippen LogP contribution is -2.39. The number of benzene rings is 1. The maximum Gasteiger partial charge on any atom is 0.416 e. The summed E-state index contributed by atoms with van der Waals surface area (Å²) in [6.07, 6.45) is -4.54. The van der Waals surface area contributed by atoms with Crippen LogP contribution in [0.4, 0.5) is 18.9 Å². The summed E-state index contributed by atoms with van der Waals surface area (Å²) in [5.74, 6) is -2.00. The molecule has 1 aromatic carbocycles. The lowest BCUT2D eigenvalue weighted by molar-refractivity contribution is -0.137. The van der Waals surface area contributed by atoms with Crippen LogP contribution >= 0.6 is 11.3 Å². The molecule has 0 fully saturated rings. The smallest absolute Gasteiger partial charge is 0.345 e. The summed E-state index contributed by atoms with van der Waals surface area (Å²) < 4.78 is 40.2. The molecule has 30 heavy (non-hydrogen) atoms. The van der Waals surface area contributed by atoms with Crippen LogP contribution in [-0.4, -0.2) is 28.1 Å². The van der Waals surface area contributed by atoms with Gasteiger partial charge in [0, 0.05) is 22.8 Å². The molecule has 3 rings (SSSR count). The SMILES string of the molecule is Cc1cc(C)n([C@@H](CNC(=O)C(=O)Nc2cccc(C(F)(F)F)c2)c2cccs2)n1. The van der Waals surface area contributed by atoms with E-state index in [-0.39, 0.29) is 18.3 Å². The minimum Gasteiger partial charge on any atom is -0.345 e. The van der Waals surface area contributed by atoms with Gasteiger partial charge in [0.15, 0.2) is 0 Å². The van der Waals surface area contributed by atoms with E-state index >= 15 is 0 Å². The molecule has 0 radical (unpaired) electrons. The normalized spacial score (nSPS) is 12.4. The molecule has 2 heterocycles. The number of hydrogen-bond acceptors (Lipinski definition) is 4. The summed E-state index contributed by atoms with van der Waals surface area (Å²) in [5, 5.41) is 11.1. The molecule has 1 atom stereocenters. The molecule has 2 amide bonds. The van der Waals surface area contributed by atoms with E-state index < -0.39 is 23.6 Å². The molecule has 0 aliphatic carbocycles. The molecule has 0 bridgehead atoms. The van der Waals surface area contributed by atoms with Gasteiger partial charge in [-0.3, -0.25) is 14.3 Å². The van der Waals surface area contributed by atoms with Crippen LogP contribution in [0, 0.1) is 13.8 Å². The van der Waals surface area contributed by atoms with E-state index in [1.54, 1.807) is 4.68 Å². The first-order valence-corrected chi connectivity index (χ1v) is 9.85. The van der Waals surface area contributed by atoms with Crippen molar-refractivity contribution >= 4 is 28.8 Å². The zero-order valence-electron chi connectivity index (χ0n) is 16.2. The molecular weight excluding hydrogens is 417 g/mol. The Morgan fingerprint density at radius 1 is 1.13 bits per heavy atom. The summed E-state index contributed by atoms with van der Waals surface area (Å²) in [7, 11) is 0. The van der Waals surface area contributed by atoms with Crippen molar-refractivity contribution in [3.63, 3.8) is 0 Å². The average molecular weight is 436 g/mol. The summed E-state index contributed by atoms with van der Waals surface area (Å²) >= 11 is 1.49. The topological polar surface area (TPSA) is 76.0 Å². The first kappa shape index (κ1) is 21.6. The van der Waals surface area contributed by atoms with Crippen LogP contribution in [0.3, 0.4) is 0 Å². The summed E-state index contributed by atoms with van der Waals surface area (Å²) in [6, 6.07) is 9.47. The molecule has 6 nitrogen and oxygen atoms in total. The number of rotatable bonds is 5. The maximum atomic E-state index is 12.8. The zero-order valence-corrected chi connectivity index (χ0v) is 17.0. The number of nitrogens with zero attached hydrogens (tertiary/aromatic N) is 2. The molecule has 2 N–H and O–H groups in total. The van der Waals surface area contributed by atoms with E-state index in [1.807, 2.05) is 37.4 Å². The Bertz CT molecular complexity index is 1040. The number of alkyl halides is 3. The van der Waals surface area contributed by atoms with Crippen LogP contribution in [0.25, 0.3) is 0 Å². The number of amides is 2. The third-order valence-corrected chi connectivity index (χ3v) is 5.29. The number of aromatic nitrogens is 2. The van der Waals surface area contributed by atoms with Gasteiger partial charge in [-0.05, 0) is 49.6 Å². The molecule has 0 unspecified atom stereocenters. The Labute approximate surface area is 174 Å². The number of anilines is 1. The first-order chi connectivity index (χ1) is 14.1. The van der Waals surface area contributed by atoms with Crippen LogP contribution in [0.15, 0.2) is 47.8 Å². The van der Waals surface area contributed by atoms with Crippen LogP contribution < -0.4 is 10.6 Å². The predicted molar refractivity (Wildman–Crippen MR) is 107 cm³/mol. The number of aryl methyl sites for hydroxylation is 2. The van der Waals surface area contributed by atoms with E-state index in [0.29, 0.717) is 0 Å². The molecule has 0 saturated heterocycles. The second-order valence-electron chi connectivity index (χ2n) is 6.65. The zero-order chi connectivity index (χ0) is 21.9. The minimum atomic E-state index is -4.54. The van der Waals surface area contributed by atoms with E-state index in [0.717, 1.165) is 34.5 Å². The molecule has 0 aliphatic heterocycles. The number of thiophene rings is 1. The standard InChI is InChI=1S/C20H19F3N4O2S/c1-12-9-13(2)27(26-12)16(17-7-4-8-30-17)11-24-18(28)19(29)25-15-6-3-5-14(10-15)20(21,22)23/h3-10,16H,11H2,1-2H3,(H,24,28)(H,25,29)/t16-/m0/s1. The highest BCUT2D eigenvalue weighted by atomic mass is 32.1. The van der Waals surface area contributed by atoms with Gasteiger partial charge in [-0.1, -0.05) is 12.1 Å². The highest BCUT2D eigenvalue weighted by Crippen LogP contribution is 2.30. The van der Waals surface area contributed by atoms with Gasteiger partial charge in [0.2, 0.25) is 0 Å². The fourth-order valence-electron chi connectivity index (χ4n) is 2.98. The molecule has 0 saturated carbocycles. The average Bonchev–Trinajstić information content (AvgIpc) is 3.31. The second kappa shape index (κ2) is 8.70. The highest BCUT2D eigenvalue weighted by molar-refractivity contribution is 7.10. The number of halogens is 3. The summed E-state index contributed by atoms with van der Waals surface area (Å²) in [6.45, 7) is 3.84. The highest BCUT2D eigenvalue weighted by Gasteiger charge is 2.30.